The van der Waals surface area contributed by atoms with E-state index in [4.69, 9.17) is 9.72 Å². The number of nitrogens with zero attached hydrogens (tertiary/aromatic N) is 8. The number of thiazole rings is 2. The molecule has 0 spiro atoms. The largest absolute Gasteiger partial charge is 0.378 e. The molecule has 0 radical (unpaired) electrons. The minimum Gasteiger partial charge on any atom is -0.378 e. The number of rotatable bonds is 19. The summed E-state index contributed by atoms with van der Waals surface area (Å²) >= 11 is 2.63. The van der Waals surface area contributed by atoms with E-state index in [1.807, 2.05) is 47.2 Å². The van der Waals surface area contributed by atoms with Crippen LogP contribution in [0.15, 0.2) is 131 Å². The summed E-state index contributed by atoms with van der Waals surface area (Å²) in [6, 6.07) is 29.8. The molecule has 3 aromatic carbocycles. The number of carbonyl (C=O) groups excluding carboxylic acids is 4. The number of fused-ring (bicyclic) bond motifs is 3. The highest BCUT2D eigenvalue weighted by Crippen LogP contribution is 2.31. The first-order valence-electron chi connectivity index (χ1n) is 23.0. The van der Waals surface area contributed by atoms with Gasteiger partial charge in [-0.15, -0.1) is 22.7 Å². The number of hydrogen-bond acceptors (Lipinski definition) is 15. The molecule has 0 aliphatic carbocycles. The molecule has 0 unspecified atom stereocenters. The molecule has 4 amide bonds. The summed E-state index contributed by atoms with van der Waals surface area (Å²) in [5.74, 6) is -1.10. The van der Waals surface area contributed by atoms with Gasteiger partial charge in [0.05, 0.1) is 24.5 Å². The van der Waals surface area contributed by atoms with Crippen LogP contribution >= 0.6 is 22.7 Å². The van der Waals surface area contributed by atoms with Crippen molar-refractivity contribution in [3.8, 4) is 11.3 Å². The highest BCUT2D eigenvalue weighted by Gasteiger charge is 2.36. The molecule has 2 bridgehead atoms. The lowest BCUT2D eigenvalue weighted by molar-refractivity contribution is -0.121. The minimum atomic E-state index is -0.427. The second-order valence-electron chi connectivity index (χ2n) is 16.9. The minimum absolute atomic E-state index is 0.0559. The molecule has 3 aliphatic rings. The van der Waals surface area contributed by atoms with Gasteiger partial charge in [0.15, 0.2) is 5.71 Å². The molecule has 7 aromatic rings. The maximum Gasteiger partial charge on any atom is 0.303 e. The Morgan fingerprint density at radius 1 is 0.814 bits per heavy atom. The first kappa shape index (κ1) is 46.1. The number of piperazine rings is 1. The molecule has 10 rings (SSSR count). The van der Waals surface area contributed by atoms with Gasteiger partial charge in [0.25, 0.3) is 11.8 Å². The Kier molecular flexibility index (Phi) is 14.0. The van der Waals surface area contributed by atoms with Gasteiger partial charge < -0.3 is 35.5 Å². The summed E-state index contributed by atoms with van der Waals surface area (Å²) < 4.78 is 7.39. The predicted molar refractivity (Wildman–Crippen MR) is 272 cm³/mol. The fourth-order valence-electron chi connectivity index (χ4n) is 8.63. The van der Waals surface area contributed by atoms with E-state index in [9.17, 15) is 19.2 Å². The Morgan fingerprint density at radius 2 is 1.57 bits per heavy atom. The van der Waals surface area contributed by atoms with Gasteiger partial charge in [-0.1, -0.05) is 54.6 Å². The fourth-order valence-corrected chi connectivity index (χ4v) is 9.88. The number of hydrogen-bond donors (Lipinski definition) is 5. The van der Waals surface area contributed by atoms with E-state index in [-0.39, 0.29) is 56.3 Å². The van der Waals surface area contributed by atoms with E-state index in [0.717, 1.165) is 36.0 Å². The normalized spacial score (nSPS) is 17.0. The van der Waals surface area contributed by atoms with Crippen LogP contribution in [0.1, 0.15) is 44.7 Å². The van der Waals surface area contributed by atoms with Crippen molar-refractivity contribution in [2.24, 2.45) is 10.2 Å². The van der Waals surface area contributed by atoms with Crippen molar-refractivity contribution in [1.29, 1.82) is 0 Å². The first-order chi connectivity index (χ1) is 34.3. The number of amides is 4. The second kappa shape index (κ2) is 21.3. The maximum atomic E-state index is 13.6. The maximum absolute atomic E-state index is 13.6. The molecule has 2 saturated heterocycles. The molecule has 7 heterocycles. The number of ether oxygens (including phenoxy) is 1. The van der Waals surface area contributed by atoms with E-state index in [0.29, 0.717) is 57.1 Å². The lowest BCUT2D eigenvalue weighted by Gasteiger charge is -2.34. The summed E-state index contributed by atoms with van der Waals surface area (Å²) in [6.07, 6.45) is 8.19. The van der Waals surface area contributed by atoms with Crippen molar-refractivity contribution in [3.63, 3.8) is 0 Å². The Labute approximate surface area is 410 Å². The van der Waals surface area contributed by atoms with Crippen LogP contribution in [-0.2, 0) is 27.3 Å². The number of benzene rings is 3. The van der Waals surface area contributed by atoms with Gasteiger partial charge in [0.2, 0.25) is 16.2 Å². The number of pyridine rings is 1. The van der Waals surface area contributed by atoms with Crippen LogP contribution in [0.3, 0.4) is 0 Å². The van der Waals surface area contributed by atoms with E-state index in [1.54, 1.807) is 47.3 Å². The lowest BCUT2D eigenvalue weighted by atomic mass is 10.1. The third-order valence-corrected chi connectivity index (χ3v) is 13.7. The average molecular weight is 976 g/mol. The smallest absolute Gasteiger partial charge is 0.303 e. The molecular weight excluding hydrogens is 927 g/mol. The Hall–Kier alpha value is -7.65. The summed E-state index contributed by atoms with van der Waals surface area (Å²) in [4.78, 5) is 68.1. The summed E-state index contributed by atoms with van der Waals surface area (Å²) in [7, 11) is 0. The Morgan fingerprint density at radius 3 is 2.34 bits per heavy atom. The third-order valence-electron chi connectivity index (χ3n) is 12.2. The van der Waals surface area contributed by atoms with Crippen LogP contribution in [0.2, 0.25) is 0 Å². The fraction of sp³-hybridized carbons (Fsp3) is 0.260. The van der Waals surface area contributed by atoms with Crippen molar-refractivity contribution >= 4 is 84.7 Å². The molecule has 2 atom stereocenters. The number of aromatic nitrogens is 4. The summed E-state index contributed by atoms with van der Waals surface area (Å²) in [5.41, 5.74) is 9.47. The molecule has 20 heteroatoms. The molecule has 70 heavy (non-hydrogen) atoms. The van der Waals surface area contributed by atoms with Gasteiger partial charge in [0, 0.05) is 102 Å². The zero-order valence-corrected chi connectivity index (χ0v) is 39.5. The molecule has 0 saturated carbocycles. The molecule has 356 valence electrons. The molecular formula is C50H49N13O5S2. The zero-order chi connectivity index (χ0) is 47.8. The van der Waals surface area contributed by atoms with Gasteiger partial charge in [0.1, 0.15) is 17.9 Å². The van der Waals surface area contributed by atoms with E-state index in [2.05, 4.69) is 76.0 Å². The Bertz CT molecular complexity index is 3040. The quantitative estimate of drug-likeness (QED) is 0.0518. The lowest BCUT2D eigenvalue weighted by Crippen LogP contribution is -2.51. The van der Waals surface area contributed by atoms with Crippen LogP contribution in [0.4, 0.5) is 16.0 Å². The molecule has 5 N–H and O–H groups in total. The van der Waals surface area contributed by atoms with Gasteiger partial charge in [-0.05, 0) is 61.2 Å². The Balaban J connectivity index is 0.623. The molecule has 18 nitrogen and oxygen atoms in total. The standard InChI is InChI=1S/C50H49N13O5S2/c64-42(30-61-22-17-36-26-37(27-55-45(36)61)47(66)52-18-16-32-6-14-40(15-7-32)62-28-38-12-13-39(29-62)56-38)51-19-23-68-24-20-53-46(65)35-10-8-33(9-11-35)41-31-70-50(57-41)63-48(67)44(58-59-49-54-21-25-69-49)43(60-63)34-4-2-1-3-5-34/h1-11,14-15,17,21-22,25-27,31,38-39,56H,12-13,16,18-20,23-24,28-30H2,(H,51,64)(H,52,66)(H,53,65)(H,54,59)/b58-44+/t38-,39+. The van der Waals surface area contributed by atoms with E-state index >= 15 is 0 Å². The number of carbonyl (C=O) groups is 4. The molecule has 2 fully saturated rings. The van der Waals surface area contributed by atoms with Crippen molar-refractivity contribution < 1.29 is 23.9 Å². The summed E-state index contributed by atoms with van der Waals surface area (Å²) in [5, 5.41) is 27.9. The van der Waals surface area contributed by atoms with Crippen molar-refractivity contribution in [3.05, 3.63) is 143 Å². The summed E-state index contributed by atoms with van der Waals surface area (Å²) in [6.45, 7) is 3.74. The average Bonchev–Trinajstić information content (AvgIpc) is 4.26. The number of anilines is 3. The van der Waals surface area contributed by atoms with Gasteiger partial charge in [-0.3, -0.25) is 24.6 Å². The number of nitrogens with one attached hydrogen (secondary N) is 5. The predicted octanol–water partition coefficient (Wildman–Crippen LogP) is 5.31. The molecule has 4 aromatic heterocycles. The van der Waals surface area contributed by atoms with Crippen LogP contribution in [0.5, 0.6) is 0 Å². The van der Waals surface area contributed by atoms with Crippen molar-refractivity contribution in [1.82, 2.24) is 40.8 Å². The highest BCUT2D eigenvalue weighted by atomic mass is 32.1. The second-order valence-corrected chi connectivity index (χ2v) is 18.7. The highest BCUT2D eigenvalue weighted by molar-refractivity contribution is 7.14. The van der Waals surface area contributed by atoms with Gasteiger partial charge >= 0.3 is 5.91 Å². The third kappa shape index (κ3) is 10.8. The molecule has 3 aliphatic heterocycles. The number of hydrazone groups is 2. The van der Waals surface area contributed by atoms with E-state index in [1.165, 1.54) is 58.0 Å². The van der Waals surface area contributed by atoms with E-state index < -0.39 is 5.91 Å². The first-order valence-corrected chi connectivity index (χ1v) is 24.8. The van der Waals surface area contributed by atoms with Crippen LogP contribution in [0.25, 0.3) is 22.3 Å². The monoisotopic (exact) mass is 975 g/mol. The van der Waals surface area contributed by atoms with Crippen LogP contribution in [0, 0.1) is 0 Å². The zero-order valence-electron chi connectivity index (χ0n) is 37.9. The van der Waals surface area contributed by atoms with Gasteiger partial charge in [-0.2, -0.15) is 15.2 Å². The SMILES string of the molecule is O=C(Cn1ccc2cc(C(=O)NCCc3ccc(N4C[C@H]5CC[C@@H](C4)N5)cc3)cnc21)NCCOCCNC(=O)c1ccc(-c2csc(N3N=C(c4ccccc4)/C(=N\Nc4nccs4)C3=O)n2)cc1. The van der Waals surface area contributed by atoms with Crippen molar-refractivity contribution in [2.75, 3.05) is 61.3 Å². The van der Waals surface area contributed by atoms with Gasteiger partial charge in [-0.25, -0.2) is 15.0 Å². The van der Waals surface area contributed by atoms with Crippen LogP contribution < -0.4 is 36.6 Å². The van der Waals surface area contributed by atoms with Crippen molar-refractivity contribution in [2.45, 2.75) is 37.9 Å². The topological polar surface area (TPSA) is 212 Å². The van der Waals surface area contributed by atoms with Crippen LogP contribution in [-0.4, -0.2) is 113 Å².